The standard InChI is InChI=1S/C41H28N4/c1-27-23-36(43-41(42-27)28-13-3-2-4-14-28)29-24-30(44-37-19-9-5-15-32(37)33-16-6-10-20-38(33)44)26-31(25-29)45-39-21-11-7-17-34(39)35-18-8-12-22-40(35)45/h2-26H,1H3. The first-order valence-electron chi connectivity index (χ1n) is 15.3. The molecule has 4 heteroatoms. The molecular weight excluding hydrogens is 548 g/mol. The molecule has 0 saturated carbocycles. The summed E-state index contributed by atoms with van der Waals surface area (Å²) in [5, 5.41) is 4.95. The van der Waals surface area contributed by atoms with Gasteiger partial charge in [0.2, 0.25) is 0 Å². The second kappa shape index (κ2) is 10.0. The highest BCUT2D eigenvalue weighted by Gasteiger charge is 2.18. The molecule has 0 unspecified atom stereocenters. The van der Waals surface area contributed by atoms with E-state index in [-0.39, 0.29) is 0 Å². The Hall–Kier alpha value is -6.00. The van der Waals surface area contributed by atoms with Crippen molar-refractivity contribution >= 4 is 43.6 Å². The lowest BCUT2D eigenvalue weighted by atomic mass is 10.1. The van der Waals surface area contributed by atoms with Gasteiger partial charge in [-0.05, 0) is 55.5 Å². The van der Waals surface area contributed by atoms with Crippen molar-refractivity contribution in [2.75, 3.05) is 0 Å². The third kappa shape index (κ3) is 4.07. The molecule has 45 heavy (non-hydrogen) atoms. The van der Waals surface area contributed by atoms with E-state index in [1.807, 2.05) is 25.1 Å². The Morgan fingerprint density at radius 3 is 1.29 bits per heavy atom. The molecule has 0 bridgehead atoms. The van der Waals surface area contributed by atoms with Gasteiger partial charge in [-0.15, -0.1) is 0 Å². The van der Waals surface area contributed by atoms with E-state index in [0.717, 1.165) is 39.7 Å². The number of nitrogens with zero attached hydrogens (tertiary/aromatic N) is 4. The molecule has 0 aliphatic carbocycles. The largest absolute Gasteiger partial charge is 0.309 e. The molecule has 0 fully saturated rings. The molecule has 0 saturated heterocycles. The van der Waals surface area contributed by atoms with E-state index in [2.05, 4.69) is 143 Å². The highest BCUT2D eigenvalue weighted by molar-refractivity contribution is 6.10. The minimum atomic E-state index is 0.728. The first kappa shape index (κ1) is 25.5. The van der Waals surface area contributed by atoms with Crippen LogP contribution in [0.25, 0.3) is 77.6 Å². The van der Waals surface area contributed by atoms with Crippen molar-refractivity contribution in [1.29, 1.82) is 0 Å². The van der Waals surface area contributed by atoms with Gasteiger partial charge >= 0.3 is 0 Å². The van der Waals surface area contributed by atoms with Gasteiger partial charge in [0.05, 0.1) is 27.8 Å². The fraction of sp³-hybridized carbons (Fsp3) is 0.0244. The summed E-state index contributed by atoms with van der Waals surface area (Å²) in [4.78, 5) is 9.96. The molecule has 212 valence electrons. The molecule has 0 spiro atoms. The predicted molar refractivity (Wildman–Crippen MR) is 186 cm³/mol. The number of hydrogen-bond acceptors (Lipinski definition) is 2. The van der Waals surface area contributed by atoms with Crippen LogP contribution >= 0.6 is 0 Å². The van der Waals surface area contributed by atoms with Gasteiger partial charge in [0.15, 0.2) is 5.82 Å². The molecule has 9 aromatic rings. The van der Waals surface area contributed by atoms with E-state index < -0.39 is 0 Å². The van der Waals surface area contributed by atoms with E-state index in [9.17, 15) is 0 Å². The lowest BCUT2D eigenvalue weighted by Crippen LogP contribution is -2.01. The van der Waals surface area contributed by atoms with Crippen molar-refractivity contribution < 1.29 is 0 Å². The first-order valence-corrected chi connectivity index (χ1v) is 15.3. The number of para-hydroxylation sites is 4. The number of benzene rings is 6. The van der Waals surface area contributed by atoms with E-state index in [1.165, 1.54) is 43.6 Å². The summed E-state index contributed by atoms with van der Waals surface area (Å²) in [5.74, 6) is 0.728. The third-order valence-corrected chi connectivity index (χ3v) is 8.76. The van der Waals surface area contributed by atoms with Crippen LogP contribution in [0, 0.1) is 6.92 Å². The Morgan fingerprint density at radius 2 is 0.822 bits per heavy atom. The molecule has 6 aromatic carbocycles. The number of hydrogen-bond donors (Lipinski definition) is 0. The van der Waals surface area contributed by atoms with Crippen molar-refractivity contribution in [3.05, 3.63) is 157 Å². The molecule has 0 amide bonds. The predicted octanol–water partition coefficient (Wildman–Crippen LogP) is 10.3. The Morgan fingerprint density at radius 1 is 0.400 bits per heavy atom. The summed E-state index contributed by atoms with van der Waals surface area (Å²) >= 11 is 0. The van der Waals surface area contributed by atoms with Gasteiger partial charge in [-0.25, -0.2) is 9.97 Å². The smallest absolute Gasteiger partial charge is 0.160 e. The van der Waals surface area contributed by atoms with Gasteiger partial charge in [-0.1, -0.05) is 103 Å². The number of aryl methyl sites for hydroxylation is 1. The molecule has 3 aromatic heterocycles. The van der Waals surface area contributed by atoms with Crippen LogP contribution in [0.3, 0.4) is 0 Å². The van der Waals surface area contributed by atoms with Gasteiger partial charge in [-0.2, -0.15) is 0 Å². The zero-order chi connectivity index (χ0) is 29.9. The minimum Gasteiger partial charge on any atom is -0.309 e. The van der Waals surface area contributed by atoms with E-state index in [1.54, 1.807) is 0 Å². The van der Waals surface area contributed by atoms with E-state index in [4.69, 9.17) is 9.97 Å². The molecule has 3 heterocycles. The maximum Gasteiger partial charge on any atom is 0.160 e. The van der Waals surface area contributed by atoms with Gasteiger partial charge in [0.1, 0.15) is 0 Å². The highest BCUT2D eigenvalue weighted by Crippen LogP contribution is 2.37. The van der Waals surface area contributed by atoms with E-state index in [0.29, 0.717) is 0 Å². The summed E-state index contributed by atoms with van der Waals surface area (Å²) in [6.07, 6.45) is 0. The fourth-order valence-electron chi connectivity index (χ4n) is 6.84. The SMILES string of the molecule is Cc1cc(-c2cc(-n3c4ccccc4c4ccccc43)cc(-n3c4ccccc4c4ccccc43)c2)nc(-c2ccccc2)n1. The minimum absolute atomic E-state index is 0.728. The molecule has 0 N–H and O–H groups in total. The highest BCUT2D eigenvalue weighted by atomic mass is 15.0. The summed E-state index contributed by atoms with van der Waals surface area (Å²) in [5.41, 5.74) is 10.7. The van der Waals surface area contributed by atoms with Crippen molar-refractivity contribution in [1.82, 2.24) is 19.1 Å². The Labute approximate surface area is 260 Å². The maximum atomic E-state index is 5.14. The number of aromatic nitrogens is 4. The molecule has 9 rings (SSSR count). The van der Waals surface area contributed by atoms with Crippen LogP contribution in [-0.4, -0.2) is 19.1 Å². The molecule has 4 nitrogen and oxygen atoms in total. The van der Waals surface area contributed by atoms with Crippen molar-refractivity contribution in [2.45, 2.75) is 6.92 Å². The van der Waals surface area contributed by atoms with Crippen LogP contribution in [0.2, 0.25) is 0 Å². The Balaban J connectivity index is 1.38. The van der Waals surface area contributed by atoms with Crippen LogP contribution in [0.5, 0.6) is 0 Å². The van der Waals surface area contributed by atoms with Gasteiger partial charge in [0, 0.05) is 49.7 Å². The monoisotopic (exact) mass is 576 g/mol. The summed E-state index contributed by atoms with van der Waals surface area (Å²) < 4.78 is 4.77. The number of fused-ring (bicyclic) bond motifs is 6. The lowest BCUT2D eigenvalue weighted by Gasteiger charge is -2.16. The summed E-state index contributed by atoms with van der Waals surface area (Å²) in [7, 11) is 0. The van der Waals surface area contributed by atoms with Crippen LogP contribution in [0.4, 0.5) is 0 Å². The Kier molecular flexibility index (Phi) is 5.69. The van der Waals surface area contributed by atoms with Crippen molar-refractivity contribution in [2.24, 2.45) is 0 Å². The van der Waals surface area contributed by atoms with E-state index >= 15 is 0 Å². The molecule has 0 aliphatic heterocycles. The van der Waals surface area contributed by atoms with Crippen molar-refractivity contribution in [3.8, 4) is 34.0 Å². The van der Waals surface area contributed by atoms with Crippen LogP contribution in [-0.2, 0) is 0 Å². The normalized spacial score (nSPS) is 11.7. The van der Waals surface area contributed by atoms with Crippen LogP contribution in [0.1, 0.15) is 5.69 Å². The van der Waals surface area contributed by atoms with Crippen LogP contribution < -0.4 is 0 Å². The summed E-state index contributed by atoms with van der Waals surface area (Å²) in [6.45, 7) is 2.04. The second-order valence-corrected chi connectivity index (χ2v) is 11.6. The third-order valence-electron chi connectivity index (χ3n) is 8.76. The van der Waals surface area contributed by atoms with Crippen molar-refractivity contribution in [3.63, 3.8) is 0 Å². The zero-order valence-corrected chi connectivity index (χ0v) is 24.7. The summed E-state index contributed by atoms with van der Waals surface area (Å²) in [6, 6.07) is 53.8. The maximum absolute atomic E-state index is 5.14. The molecule has 0 aliphatic rings. The zero-order valence-electron chi connectivity index (χ0n) is 24.7. The van der Waals surface area contributed by atoms with Crippen LogP contribution in [0.15, 0.2) is 152 Å². The first-order chi connectivity index (χ1) is 22.2. The fourth-order valence-corrected chi connectivity index (χ4v) is 6.84. The van der Waals surface area contributed by atoms with Gasteiger partial charge in [0.25, 0.3) is 0 Å². The molecule has 0 radical (unpaired) electrons. The number of rotatable bonds is 4. The average Bonchev–Trinajstić information content (AvgIpc) is 3.61. The Bertz CT molecular complexity index is 2320. The topological polar surface area (TPSA) is 35.6 Å². The molecule has 0 atom stereocenters. The average molecular weight is 577 g/mol. The molecular formula is C41H28N4. The second-order valence-electron chi connectivity index (χ2n) is 11.6. The van der Waals surface area contributed by atoms with Gasteiger partial charge < -0.3 is 9.13 Å². The lowest BCUT2D eigenvalue weighted by molar-refractivity contribution is 1.10. The quantitative estimate of drug-likeness (QED) is 0.209. The van der Waals surface area contributed by atoms with Gasteiger partial charge in [-0.3, -0.25) is 0 Å².